The van der Waals surface area contributed by atoms with E-state index in [0.29, 0.717) is 43.6 Å². The Morgan fingerprint density at radius 1 is 1.26 bits per heavy atom. The highest BCUT2D eigenvalue weighted by molar-refractivity contribution is 5.93. The number of nitrogens with one attached hydrogen (secondary N) is 1. The first-order valence-corrected chi connectivity index (χ1v) is 13.0. The molecule has 2 aliphatic rings. The molecule has 2 aromatic rings. The van der Waals surface area contributed by atoms with Gasteiger partial charge in [-0.05, 0) is 30.2 Å². The molecule has 0 aliphatic carbocycles. The maximum absolute atomic E-state index is 12.9. The zero-order valence-corrected chi connectivity index (χ0v) is 22.4. The lowest BCUT2D eigenvalue weighted by Crippen LogP contribution is -2.45. The quantitative estimate of drug-likeness (QED) is 0.452. The largest absolute Gasteiger partial charge is 0.493 e. The monoisotopic (exact) mass is 523 g/mol. The van der Waals surface area contributed by atoms with Gasteiger partial charge >= 0.3 is 6.03 Å². The van der Waals surface area contributed by atoms with Crippen LogP contribution >= 0.6 is 0 Å². The second kappa shape index (κ2) is 13.3. The Morgan fingerprint density at radius 3 is 2.84 bits per heavy atom. The zero-order chi connectivity index (χ0) is 26.9. The van der Waals surface area contributed by atoms with Gasteiger partial charge in [-0.3, -0.25) is 15.0 Å². The lowest BCUT2D eigenvalue weighted by atomic mass is 10.1. The van der Waals surface area contributed by atoms with Gasteiger partial charge in [-0.1, -0.05) is 19.1 Å². The molecule has 1 aromatic heterocycles. The summed E-state index contributed by atoms with van der Waals surface area (Å²) in [5.74, 6) is 1.74. The molecule has 10 nitrogen and oxygen atoms in total. The van der Waals surface area contributed by atoms with E-state index in [-0.39, 0.29) is 11.9 Å². The maximum Gasteiger partial charge on any atom is 0.323 e. The summed E-state index contributed by atoms with van der Waals surface area (Å²) in [5, 5.41) is 2.88. The number of likely N-dealkylation sites (N-methyl/N-ethyl adjacent to an activating group) is 1. The number of rotatable bonds is 11. The third-order valence-corrected chi connectivity index (χ3v) is 6.58. The highest BCUT2D eigenvalue weighted by Gasteiger charge is 2.24. The molecule has 1 N–H and O–H groups in total. The van der Waals surface area contributed by atoms with Crippen LogP contribution < -0.4 is 14.8 Å². The highest BCUT2D eigenvalue weighted by Crippen LogP contribution is 2.32. The number of nitrogens with zero attached hydrogens (tertiary/aromatic N) is 4. The van der Waals surface area contributed by atoms with Gasteiger partial charge in [0.05, 0.1) is 33.5 Å². The number of aromatic nitrogens is 1. The van der Waals surface area contributed by atoms with Gasteiger partial charge in [0.1, 0.15) is 5.82 Å². The van der Waals surface area contributed by atoms with Crippen LogP contribution in [-0.4, -0.2) is 91.8 Å². The number of methoxy groups -OCH3 is 1. The molecule has 1 fully saturated rings. The fourth-order valence-electron chi connectivity index (χ4n) is 4.42. The van der Waals surface area contributed by atoms with E-state index in [1.54, 1.807) is 36.2 Å². The first-order chi connectivity index (χ1) is 18.5. The molecule has 1 saturated heterocycles. The summed E-state index contributed by atoms with van der Waals surface area (Å²) in [6, 6.07) is 7.51. The van der Waals surface area contributed by atoms with Gasteiger partial charge in [-0.25, -0.2) is 9.78 Å². The van der Waals surface area contributed by atoms with E-state index in [9.17, 15) is 9.59 Å². The van der Waals surface area contributed by atoms with E-state index >= 15 is 0 Å². The molecule has 0 atom stereocenters. The van der Waals surface area contributed by atoms with Crippen molar-refractivity contribution in [1.82, 2.24) is 19.7 Å². The Morgan fingerprint density at radius 2 is 2.08 bits per heavy atom. The van der Waals surface area contributed by atoms with Crippen LogP contribution in [0, 0.1) is 0 Å². The SMILES string of the molecule is CCCOc1c(CN(C)C(=O)/C=C/c2cnc3c(c2)CN(CCN2CCOCC2)C(=O)N3)cccc1OC. The third kappa shape index (κ3) is 7.02. The van der Waals surface area contributed by atoms with Gasteiger partial charge in [0.25, 0.3) is 0 Å². The summed E-state index contributed by atoms with van der Waals surface area (Å²) in [4.78, 5) is 35.5. The minimum Gasteiger partial charge on any atom is -0.493 e. The van der Waals surface area contributed by atoms with Gasteiger partial charge in [-0.2, -0.15) is 0 Å². The van der Waals surface area contributed by atoms with Crippen molar-refractivity contribution >= 4 is 23.8 Å². The number of fused-ring (bicyclic) bond motifs is 1. The van der Waals surface area contributed by atoms with Crippen molar-refractivity contribution in [3.63, 3.8) is 0 Å². The summed E-state index contributed by atoms with van der Waals surface area (Å²) in [6.07, 6.45) is 5.82. The number of urea groups is 1. The van der Waals surface area contributed by atoms with Crippen molar-refractivity contribution in [2.45, 2.75) is 26.4 Å². The van der Waals surface area contributed by atoms with Crippen molar-refractivity contribution in [2.75, 3.05) is 65.5 Å². The van der Waals surface area contributed by atoms with Crippen molar-refractivity contribution in [3.8, 4) is 11.5 Å². The lowest BCUT2D eigenvalue weighted by molar-refractivity contribution is -0.125. The Balaban J connectivity index is 1.37. The van der Waals surface area contributed by atoms with Crippen molar-refractivity contribution < 1.29 is 23.8 Å². The van der Waals surface area contributed by atoms with E-state index in [4.69, 9.17) is 14.2 Å². The number of ether oxygens (including phenoxy) is 3. The molecular formula is C28H37N5O5. The lowest BCUT2D eigenvalue weighted by Gasteiger charge is -2.32. The van der Waals surface area contributed by atoms with Crippen molar-refractivity contribution in [1.29, 1.82) is 0 Å². The summed E-state index contributed by atoms with van der Waals surface area (Å²) in [5.41, 5.74) is 2.59. The number of benzene rings is 1. The van der Waals surface area contributed by atoms with Crippen LogP contribution in [0.1, 0.15) is 30.0 Å². The van der Waals surface area contributed by atoms with Crippen LogP contribution in [0.15, 0.2) is 36.5 Å². The first kappa shape index (κ1) is 27.4. The number of anilines is 1. The number of carbonyl (C=O) groups is 2. The van der Waals surface area contributed by atoms with Crippen molar-refractivity contribution in [2.24, 2.45) is 0 Å². The molecule has 0 bridgehead atoms. The number of hydrogen-bond acceptors (Lipinski definition) is 7. The van der Waals surface area contributed by atoms with E-state index in [2.05, 4.69) is 15.2 Å². The Bertz CT molecular complexity index is 1150. The molecule has 3 amide bonds. The van der Waals surface area contributed by atoms with Gasteiger partial charge in [-0.15, -0.1) is 0 Å². The van der Waals surface area contributed by atoms with Crippen LogP contribution in [0.3, 0.4) is 0 Å². The summed E-state index contributed by atoms with van der Waals surface area (Å²) >= 11 is 0. The second-order valence-corrected chi connectivity index (χ2v) is 9.41. The molecule has 1 aromatic carbocycles. The van der Waals surface area contributed by atoms with Gasteiger partial charge in [0.2, 0.25) is 5.91 Å². The van der Waals surface area contributed by atoms with E-state index in [1.165, 1.54) is 6.08 Å². The van der Waals surface area contributed by atoms with Gasteiger partial charge in [0, 0.05) is 63.2 Å². The number of morpholine rings is 1. The molecule has 3 heterocycles. The minimum absolute atomic E-state index is 0.141. The summed E-state index contributed by atoms with van der Waals surface area (Å²) in [7, 11) is 3.36. The third-order valence-electron chi connectivity index (χ3n) is 6.58. The average molecular weight is 524 g/mol. The molecule has 10 heteroatoms. The Labute approximate surface area is 224 Å². The molecule has 0 spiro atoms. The second-order valence-electron chi connectivity index (χ2n) is 9.41. The fraction of sp³-hybridized carbons (Fsp3) is 0.464. The molecule has 38 heavy (non-hydrogen) atoms. The minimum atomic E-state index is -0.146. The fourth-order valence-corrected chi connectivity index (χ4v) is 4.42. The van der Waals surface area contributed by atoms with Crippen LogP contribution in [0.2, 0.25) is 0 Å². The molecular weight excluding hydrogens is 486 g/mol. The smallest absolute Gasteiger partial charge is 0.323 e. The van der Waals surface area contributed by atoms with Crippen LogP contribution in [-0.2, 0) is 22.6 Å². The number of amides is 3. The molecule has 0 saturated carbocycles. The predicted molar refractivity (Wildman–Crippen MR) is 145 cm³/mol. The molecule has 0 radical (unpaired) electrons. The molecule has 2 aliphatic heterocycles. The first-order valence-electron chi connectivity index (χ1n) is 13.0. The number of pyridine rings is 1. The highest BCUT2D eigenvalue weighted by atomic mass is 16.5. The number of para-hydroxylation sites is 1. The zero-order valence-electron chi connectivity index (χ0n) is 22.4. The van der Waals surface area contributed by atoms with Gasteiger partial charge in [0.15, 0.2) is 11.5 Å². The van der Waals surface area contributed by atoms with Crippen LogP contribution in [0.4, 0.5) is 10.6 Å². The normalized spacial score (nSPS) is 15.8. The Hall–Kier alpha value is -3.63. The topological polar surface area (TPSA) is 96.5 Å². The van der Waals surface area contributed by atoms with E-state index in [0.717, 1.165) is 56.0 Å². The average Bonchev–Trinajstić information content (AvgIpc) is 2.94. The van der Waals surface area contributed by atoms with Gasteiger partial charge < -0.3 is 24.0 Å². The van der Waals surface area contributed by atoms with Crippen LogP contribution in [0.5, 0.6) is 11.5 Å². The summed E-state index contributed by atoms with van der Waals surface area (Å²) in [6.45, 7) is 8.14. The number of hydrogen-bond donors (Lipinski definition) is 1. The number of carbonyl (C=O) groups excluding carboxylic acids is 2. The summed E-state index contributed by atoms with van der Waals surface area (Å²) < 4.78 is 16.8. The standard InChI is InChI=1S/C28H37N5O5/c1-4-14-38-26-22(6-5-7-24(26)36-3)19-31(2)25(34)9-8-21-17-23-20-33(28(35)30-27(23)29-18-21)11-10-32-12-15-37-16-13-32/h5-9,17-18H,4,10-16,19-20H2,1-3H3,(H,29,30,35)/b9-8+. The molecule has 204 valence electrons. The maximum atomic E-state index is 12.9. The van der Waals surface area contributed by atoms with Crippen LogP contribution in [0.25, 0.3) is 6.08 Å². The molecule has 4 rings (SSSR count). The Kier molecular flexibility index (Phi) is 9.56. The van der Waals surface area contributed by atoms with E-state index in [1.807, 2.05) is 31.2 Å². The molecule has 0 unspecified atom stereocenters. The predicted octanol–water partition coefficient (Wildman–Crippen LogP) is 3.23. The van der Waals surface area contributed by atoms with E-state index < -0.39 is 0 Å². The van der Waals surface area contributed by atoms with Crippen molar-refractivity contribution in [3.05, 3.63) is 53.2 Å².